The van der Waals surface area contributed by atoms with Gasteiger partial charge in [0.15, 0.2) is 0 Å². The molecule has 1 nitrogen and oxygen atoms in total. The van der Waals surface area contributed by atoms with Gasteiger partial charge in [0.05, 0.1) is 0 Å². The van der Waals surface area contributed by atoms with Gasteiger partial charge < -0.3 is 0 Å². The van der Waals surface area contributed by atoms with Gasteiger partial charge in [0.1, 0.15) is 0 Å². The Morgan fingerprint density at radius 1 is 1.11 bits per heavy atom. The van der Waals surface area contributed by atoms with Gasteiger partial charge in [-0.2, -0.15) is 0 Å². The van der Waals surface area contributed by atoms with E-state index in [1.165, 1.54) is 19.5 Å². The van der Waals surface area contributed by atoms with Crippen molar-refractivity contribution in [2.75, 3.05) is 13.1 Å². The van der Waals surface area contributed by atoms with E-state index in [0.717, 1.165) is 0 Å². The van der Waals surface area contributed by atoms with Gasteiger partial charge in [-0.1, -0.05) is 0 Å². The summed E-state index contributed by atoms with van der Waals surface area (Å²) in [5, 5.41) is 0. The Hall–Kier alpha value is 0.895. The van der Waals surface area contributed by atoms with Gasteiger partial charge in [0, 0.05) is 0 Å². The summed E-state index contributed by atoms with van der Waals surface area (Å²) in [5.74, 6) is 0. The van der Waals surface area contributed by atoms with E-state index in [1.54, 1.807) is 3.93 Å². The van der Waals surface area contributed by atoms with Gasteiger partial charge in [0.25, 0.3) is 0 Å². The molecule has 0 spiro atoms. The molecule has 0 aliphatic heterocycles. The van der Waals surface area contributed by atoms with Crippen molar-refractivity contribution in [3.63, 3.8) is 0 Å². The first-order valence-electron chi connectivity index (χ1n) is 4.07. The van der Waals surface area contributed by atoms with Gasteiger partial charge in [-0.15, -0.1) is 0 Å². The van der Waals surface area contributed by atoms with Crippen molar-refractivity contribution in [2.24, 2.45) is 0 Å². The second-order valence-corrected chi connectivity index (χ2v) is 10.3. The second-order valence-electron chi connectivity index (χ2n) is 2.38. The van der Waals surface area contributed by atoms with Crippen LogP contribution < -0.4 is 0 Å². The van der Waals surface area contributed by atoms with Crippen LogP contribution in [-0.2, 0) is 24.9 Å². The first kappa shape index (κ1) is 9.90. The van der Waals surface area contributed by atoms with Crippen LogP contribution in [0.25, 0.3) is 0 Å². The maximum atomic E-state index is 2.68. The summed E-state index contributed by atoms with van der Waals surface area (Å²) in [5.41, 5.74) is 0. The van der Waals surface area contributed by atoms with Crippen LogP contribution >= 0.6 is 0 Å². The van der Waals surface area contributed by atoms with Gasteiger partial charge in [-0.25, -0.2) is 0 Å². The molecule has 0 rings (SSSR count). The van der Waals surface area contributed by atoms with Crippen LogP contribution in [0.15, 0.2) is 0 Å². The predicted molar refractivity (Wildman–Crippen MR) is 38.0 cm³/mol. The van der Waals surface area contributed by atoms with Crippen molar-refractivity contribution in [1.82, 2.24) is 2.66 Å². The van der Waals surface area contributed by atoms with Crippen LogP contribution in [0.3, 0.4) is 0 Å². The van der Waals surface area contributed by atoms with Gasteiger partial charge >= 0.3 is 71.8 Å². The molecule has 0 aromatic heterocycles. The molecule has 0 atom stereocenters. The van der Waals surface area contributed by atoms with Crippen LogP contribution in [0.2, 0.25) is 3.93 Å². The molecule has 0 bridgehead atoms. The van der Waals surface area contributed by atoms with Crippen LogP contribution in [0.5, 0.6) is 0 Å². The molecule has 0 aliphatic carbocycles. The monoisotopic (exact) mass is 317 g/mol. The molecule has 0 aliphatic rings. The van der Waals surface area contributed by atoms with E-state index in [-0.39, 0.29) is 0 Å². The Morgan fingerprint density at radius 3 is 2.00 bits per heavy atom. The molecule has 0 aromatic carbocycles. The number of rotatable bonds is 5. The summed E-state index contributed by atoms with van der Waals surface area (Å²) in [4.78, 5) is 0. The van der Waals surface area contributed by atoms with E-state index >= 15 is 0 Å². The zero-order chi connectivity index (χ0) is 7.11. The summed E-state index contributed by atoms with van der Waals surface area (Å²) in [6, 6.07) is 0. The zero-order valence-corrected chi connectivity index (χ0v) is 12.5. The number of hydrogen-bond acceptors (Lipinski definition) is 1. The van der Waals surface area contributed by atoms with Gasteiger partial charge in [-0.05, 0) is 0 Å². The molecule has 0 saturated carbocycles. The molecule has 0 fully saturated rings. The molecule has 0 radical (unpaired) electrons. The van der Waals surface area contributed by atoms with E-state index in [9.17, 15) is 0 Å². The first-order valence-corrected chi connectivity index (χ1v) is 10.4. The molecule has 52 valence electrons. The fraction of sp³-hybridized carbons (Fsp3) is 1.00. The topological polar surface area (TPSA) is 3.24 Å². The Balaban J connectivity index is 3.09. The average Bonchev–Trinajstić information content (AvgIpc) is 1.91. The van der Waals surface area contributed by atoms with E-state index < -0.39 is 24.9 Å². The summed E-state index contributed by atoms with van der Waals surface area (Å²) < 4.78 is 4.26. The third kappa shape index (κ3) is 5.34. The molecular weight excluding hydrogens is 299 g/mol. The van der Waals surface area contributed by atoms with Gasteiger partial charge in [0.2, 0.25) is 0 Å². The van der Waals surface area contributed by atoms with Crippen molar-refractivity contribution in [1.29, 1.82) is 0 Å². The van der Waals surface area contributed by atoms with Crippen molar-refractivity contribution in [3.8, 4) is 0 Å². The molecule has 0 N–H and O–H groups in total. The van der Waals surface area contributed by atoms with Crippen molar-refractivity contribution < 1.29 is 24.9 Å². The zero-order valence-electron chi connectivity index (χ0n) is 6.98. The minimum absolute atomic E-state index is 0.515. The standard InChI is InChI=1S/C4H10N.C3H7.Hg/c1-3-5-4-2;1-3-2;/h3-4H2,1-2H3;1,3H2,2H3;/q-1;;+1. The van der Waals surface area contributed by atoms with Crippen molar-refractivity contribution in [3.05, 3.63) is 0 Å². The van der Waals surface area contributed by atoms with Gasteiger partial charge in [-0.3, -0.25) is 0 Å². The molecule has 0 amide bonds. The van der Waals surface area contributed by atoms with E-state index in [2.05, 4.69) is 23.4 Å². The first-order chi connectivity index (χ1) is 4.35. The van der Waals surface area contributed by atoms with Crippen LogP contribution in [0.1, 0.15) is 27.2 Å². The SMILES string of the molecule is CC[CH2][Hg][N](CC)CC. The molecule has 0 heterocycles. The normalized spacial score (nSPS) is 9.78. The maximum absolute atomic E-state index is 2.68. The van der Waals surface area contributed by atoms with E-state index in [4.69, 9.17) is 0 Å². The van der Waals surface area contributed by atoms with E-state index in [0.29, 0.717) is 0 Å². The van der Waals surface area contributed by atoms with Crippen molar-refractivity contribution in [2.45, 2.75) is 31.1 Å². The van der Waals surface area contributed by atoms with Crippen LogP contribution in [-0.4, -0.2) is 15.8 Å². The number of hydrogen-bond donors (Lipinski definition) is 0. The van der Waals surface area contributed by atoms with Crippen molar-refractivity contribution >= 4 is 0 Å². The summed E-state index contributed by atoms with van der Waals surface area (Å²) in [6.45, 7) is 9.46. The second kappa shape index (κ2) is 7.01. The van der Waals surface area contributed by atoms with E-state index in [1.807, 2.05) is 0 Å². The molecule has 2 heteroatoms. The third-order valence-electron chi connectivity index (χ3n) is 1.72. The molecule has 9 heavy (non-hydrogen) atoms. The van der Waals surface area contributed by atoms with Crippen LogP contribution in [0.4, 0.5) is 0 Å². The summed E-state index contributed by atoms with van der Waals surface area (Å²) >= 11 is -0.515. The fourth-order valence-corrected chi connectivity index (χ4v) is 6.35. The molecule has 0 saturated heterocycles. The Labute approximate surface area is 71.7 Å². The Morgan fingerprint density at radius 2 is 1.67 bits per heavy atom. The summed E-state index contributed by atoms with van der Waals surface area (Å²) in [7, 11) is 0. The summed E-state index contributed by atoms with van der Waals surface area (Å²) in [6.07, 6.45) is 1.41. The Bertz CT molecular complexity index is 52.9. The predicted octanol–water partition coefficient (Wildman–Crippen LogP) is 2.15. The fourth-order valence-electron chi connectivity index (χ4n) is 0.922. The molecule has 0 aromatic rings. The third-order valence-corrected chi connectivity index (χ3v) is 11.6. The average molecular weight is 316 g/mol. The quantitative estimate of drug-likeness (QED) is 0.703. The van der Waals surface area contributed by atoms with Crippen LogP contribution in [0, 0.1) is 0 Å². The number of nitrogens with zero attached hydrogens (tertiary/aromatic N) is 1. The Kier molecular flexibility index (Phi) is 7.70. The molecule has 0 unspecified atom stereocenters. The molecular formula is C7H17HgN. The minimum atomic E-state index is -0.515.